The predicted octanol–water partition coefficient (Wildman–Crippen LogP) is 4.90. The minimum absolute atomic E-state index is 0.0755. The van der Waals surface area contributed by atoms with Crippen LogP contribution in [0.4, 0.5) is 5.69 Å². The van der Waals surface area contributed by atoms with Crippen LogP contribution in [0.2, 0.25) is 10.0 Å². The van der Waals surface area contributed by atoms with Gasteiger partial charge in [0.2, 0.25) is 6.79 Å². The molecular weight excluding hydrogens is 297 g/mol. The molecule has 2 aromatic rings. The molecule has 0 aliphatic carbocycles. The molecular formula is C15H13Cl2NO2. The van der Waals surface area contributed by atoms with Crippen molar-refractivity contribution >= 4 is 28.9 Å². The second kappa shape index (κ2) is 5.43. The van der Waals surface area contributed by atoms with E-state index in [-0.39, 0.29) is 12.8 Å². The first kappa shape index (κ1) is 13.4. The molecule has 1 atom stereocenters. The van der Waals surface area contributed by atoms with E-state index in [9.17, 15) is 0 Å². The lowest BCUT2D eigenvalue weighted by Crippen LogP contribution is -2.06. The van der Waals surface area contributed by atoms with E-state index < -0.39 is 0 Å². The Labute approximate surface area is 127 Å². The molecule has 1 unspecified atom stereocenters. The zero-order valence-electron chi connectivity index (χ0n) is 10.8. The van der Waals surface area contributed by atoms with Crippen molar-refractivity contribution in [2.45, 2.75) is 13.0 Å². The van der Waals surface area contributed by atoms with Gasteiger partial charge in [0.05, 0.1) is 10.7 Å². The van der Waals surface area contributed by atoms with E-state index in [2.05, 4.69) is 5.32 Å². The maximum atomic E-state index is 6.25. The highest BCUT2D eigenvalue weighted by molar-refractivity contribution is 6.33. The van der Waals surface area contributed by atoms with Gasteiger partial charge in [-0.1, -0.05) is 35.3 Å². The van der Waals surface area contributed by atoms with Crippen LogP contribution in [0.5, 0.6) is 11.5 Å². The second-order valence-electron chi connectivity index (χ2n) is 4.61. The molecule has 0 radical (unpaired) electrons. The van der Waals surface area contributed by atoms with Crippen LogP contribution >= 0.6 is 23.2 Å². The Balaban J connectivity index is 1.84. The summed E-state index contributed by atoms with van der Waals surface area (Å²) in [6, 6.07) is 11.4. The van der Waals surface area contributed by atoms with Crippen LogP contribution in [0.1, 0.15) is 18.5 Å². The fourth-order valence-electron chi connectivity index (χ4n) is 2.12. The van der Waals surface area contributed by atoms with E-state index in [1.807, 2.05) is 37.3 Å². The number of rotatable bonds is 3. The van der Waals surface area contributed by atoms with Crippen molar-refractivity contribution in [3.63, 3.8) is 0 Å². The van der Waals surface area contributed by atoms with Crippen LogP contribution < -0.4 is 14.8 Å². The molecule has 0 fully saturated rings. The molecule has 1 aliphatic heterocycles. The maximum Gasteiger partial charge on any atom is 0.231 e. The number of hydrogen-bond acceptors (Lipinski definition) is 3. The zero-order chi connectivity index (χ0) is 14.1. The lowest BCUT2D eigenvalue weighted by molar-refractivity contribution is 0.174. The molecule has 1 heterocycles. The summed E-state index contributed by atoms with van der Waals surface area (Å²) in [5, 5.41) is 4.67. The molecule has 1 N–H and O–H groups in total. The smallest absolute Gasteiger partial charge is 0.231 e. The zero-order valence-corrected chi connectivity index (χ0v) is 12.3. The molecule has 0 saturated heterocycles. The van der Waals surface area contributed by atoms with Crippen molar-refractivity contribution in [2.75, 3.05) is 12.1 Å². The van der Waals surface area contributed by atoms with Crippen molar-refractivity contribution in [1.82, 2.24) is 0 Å². The average Bonchev–Trinajstić information content (AvgIpc) is 2.86. The minimum atomic E-state index is 0.0755. The predicted molar refractivity (Wildman–Crippen MR) is 81.1 cm³/mol. The largest absolute Gasteiger partial charge is 0.454 e. The molecule has 3 rings (SSSR count). The van der Waals surface area contributed by atoms with Crippen molar-refractivity contribution in [3.8, 4) is 11.5 Å². The molecule has 0 amide bonds. The normalized spacial score (nSPS) is 14.2. The van der Waals surface area contributed by atoms with Crippen LogP contribution in [-0.4, -0.2) is 6.79 Å². The number of anilines is 1. The summed E-state index contributed by atoms with van der Waals surface area (Å²) >= 11 is 12.3. The monoisotopic (exact) mass is 309 g/mol. The van der Waals surface area contributed by atoms with Gasteiger partial charge in [0.1, 0.15) is 0 Å². The van der Waals surface area contributed by atoms with E-state index in [0.717, 1.165) is 11.3 Å². The van der Waals surface area contributed by atoms with Crippen LogP contribution in [0.3, 0.4) is 0 Å². The molecule has 20 heavy (non-hydrogen) atoms. The van der Waals surface area contributed by atoms with Crippen molar-refractivity contribution in [3.05, 3.63) is 52.0 Å². The third-order valence-corrected chi connectivity index (χ3v) is 3.73. The summed E-state index contributed by atoms with van der Waals surface area (Å²) in [5.74, 6) is 1.38. The molecule has 104 valence electrons. The number of nitrogens with one attached hydrogen (secondary N) is 1. The van der Waals surface area contributed by atoms with Gasteiger partial charge in [0.25, 0.3) is 0 Å². The number of halogens is 2. The highest BCUT2D eigenvalue weighted by atomic mass is 35.5. The molecule has 1 aliphatic rings. The molecule has 0 bridgehead atoms. The summed E-state index contributed by atoms with van der Waals surface area (Å²) in [6.07, 6.45) is 0. The highest BCUT2D eigenvalue weighted by Gasteiger charge is 2.17. The summed E-state index contributed by atoms with van der Waals surface area (Å²) in [4.78, 5) is 0. The SMILES string of the molecule is CC(Nc1cc2c(cc1Cl)OCO2)c1cccc(Cl)c1. The Bertz CT molecular complexity index is 646. The Hall–Kier alpha value is -1.58. The Morgan fingerprint density at radius 2 is 1.85 bits per heavy atom. The van der Waals surface area contributed by atoms with Gasteiger partial charge < -0.3 is 14.8 Å². The summed E-state index contributed by atoms with van der Waals surface area (Å²) in [6.45, 7) is 2.28. The number of fused-ring (bicyclic) bond motifs is 1. The van der Waals surface area contributed by atoms with E-state index in [1.165, 1.54) is 0 Å². The summed E-state index contributed by atoms with van der Waals surface area (Å²) in [5.41, 5.74) is 1.90. The molecule has 2 aromatic carbocycles. The van der Waals surface area contributed by atoms with Gasteiger partial charge in [-0.2, -0.15) is 0 Å². The Morgan fingerprint density at radius 1 is 1.10 bits per heavy atom. The molecule has 3 nitrogen and oxygen atoms in total. The standard InChI is InChI=1S/C15H13Cl2NO2/c1-9(10-3-2-4-11(16)5-10)18-13-7-15-14(6-12(13)17)19-8-20-15/h2-7,9,18H,8H2,1H3. The Morgan fingerprint density at radius 3 is 2.60 bits per heavy atom. The van der Waals surface area contributed by atoms with Crippen LogP contribution in [0.25, 0.3) is 0 Å². The Kier molecular flexibility index (Phi) is 3.64. The second-order valence-corrected chi connectivity index (χ2v) is 5.45. The molecule has 0 aromatic heterocycles. The van der Waals surface area contributed by atoms with E-state index in [4.69, 9.17) is 32.7 Å². The van der Waals surface area contributed by atoms with Gasteiger partial charge in [-0.05, 0) is 24.6 Å². The third-order valence-electron chi connectivity index (χ3n) is 3.18. The van der Waals surface area contributed by atoms with Gasteiger partial charge >= 0.3 is 0 Å². The first-order valence-electron chi connectivity index (χ1n) is 6.24. The van der Waals surface area contributed by atoms with E-state index >= 15 is 0 Å². The molecule has 0 spiro atoms. The lowest BCUT2D eigenvalue weighted by Gasteiger charge is -2.17. The molecule has 0 saturated carbocycles. The maximum absolute atomic E-state index is 6.25. The molecule has 5 heteroatoms. The number of ether oxygens (including phenoxy) is 2. The highest BCUT2D eigenvalue weighted by Crippen LogP contribution is 2.40. The van der Waals surface area contributed by atoms with E-state index in [0.29, 0.717) is 21.5 Å². The van der Waals surface area contributed by atoms with Crippen LogP contribution in [-0.2, 0) is 0 Å². The summed E-state index contributed by atoms with van der Waals surface area (Å²) < 4.78 is 10.6. The van der Waals surface area contributed by atoms with Gasteiger partial charge in [-0.25, -0.2) is 0 Å². The van der Waals surface area contributed by atoms with Gasteiger partial charge in [0.15, 0.2) is 11.5 Å². The fourth-order valence-corrected chi connectivity index (χ4v) is 2.53. The van der Waals surface area contributed by atoms with Gasteiger partial charge in [0, 0.05) is 23.2 Å². The van der Waals surface area contributed by atoms with Crippen LogP contribution in [0.15, 0.2) is 36.4 Å². The minimum Gasteiger partial charge on any atom is -0.454 e. The van der Waals surface area contributed by atoms with Crippen LogP contribution in [0, 0.1) is 0 Å². The number of hydrogen-bond donors (Lipinski definition) is 1. The quantitative estimate of drug-likeness (QED) is 0.875. The first-order valence-corrected chi connectivity index (χ1v) is 7.00. The van der Waals surface area contributed by atoms with Crippen molar-refractivity contribution in [2.24, 2.45) is 0 Å². The van der Waals surface area contributed by atoms with Gasteiger partial charge in [-0.3, -0.25) is 0 Å². The van der Waals surface area contributed by atoms with Crippen molar-refractivity contribution < 1.29 is 9.47 Å². The van der Waals surface area contributed by atoms with Gasteiger partial charge in [-0.15, -0.1) is 0 Å². The topological polar surface area (TPSA) is 30.5 Å². The summed E-state index contributed by atoms with van der Waals surface area (Å²) in [7, 11) is 0. The lowest BCUT2D eigenvalue weighted by atomic mass is 10.1. The van der Waals surface area contributed by atoms with E-state index in [1.54, 1.807) is 6.07 Å². The first-order chi connectivity index (χ1) is 9.63. The fraction of sp³-hybridized carbons (Fsp3) is 0.200. The van der Waals surface area contributed by atoms with Crippen molar-refractivity contribution in [1.29, 1.82) is 0 Å². The average molecular weight is 310 g/mol. The third kappa shape index (κ3) is 2.65. The number of benzene rings is 2.